The van der Waals surface area contributed by atoms with Crippen molar-refractivity contribution in [1.29, 1.82) is 0 Å². The maximum atomic E-state index is 6.67. The molecule has 4 heteroatoms. The molecule has 65 heavy (non-hydrogen) atoms. The zero-order valence-corrected chi connectivity index (χ0v) is 36.7. The molecule has 0 atom stereocenters. The SMILES string of the molecule is Cc1ccc(N(c2ccc3c(c2)C(C)(C)c2cccc4c2c-3cc2ccc(N(c3ccc(C)cc3)c3cccc5c3oc3ccccc35)cc24)c2cccc3c2oc2ccccc23)cc1. The Balaban J connectivity index is 0.997. The Labute approximate surface area is 377 Å². The molecule has 10 aromatic carbocycles. The van der Waals surface area contributed by atoms with Gasteiger partial charge in [0.2, 0.25) is 0 Å². The average molecular weight is 837 g/mol. The van der Waals surface area contributed by atoms with Crippen LogP contribution in [0.15, 0.2) is 203 Å². The van der Waals surface area contributed by atoms with Crippen molar-refractivity contribution in [3.8, 4) is 11.1 Å². The molecule has 0 unspecified atom stereocenters. The quantitative estimate of drug-likeness (QED) is 0.156. The van der Waals surface area contributed by atoms with E-state index in [0.717, 1.165) is 78.0 Å². The topological polar surface area (TPSA) is 32.8 Å². The number of nitrogens with zero attached hydrogens (tertiary/aromatic N) is 2. The molecule has 310 valence electrons. The summed E-state index contributed by atoms with van der Waals surface area (Å²) in [4.78, 5) is 4.72. The maximum Gasteiger partial charge on any atom is 0.159 e. The molecule has 0 saturated carbocycles. The zero-order chi connectivity index (χ0) is 43.6. The van der Waals surface area contributed by atoms with Crippen LogP contribution in [-0.4, -0.2) is 0 Å². The lowest BCUT2D eigenvalue weighted by molar-refractivity contribution is 0.645. The minimum Gasteiger partial charge on any atom is -0.454 e. The van der Waals surface area contributed by atoms with Crippen molar-refractivity contribution < 1.29 is 8.83 Å². The van der Waals surface area contributed by atoms with Crippen LogP contribution in [0.25, 0.3) is 76.5 Å². The van der Waals surface area contributed by atoms with Gasteiger partial charge in [0.15, 0.2) is 11.2 Å². The smallest absolute Gasteiger partial charge is 0.159 e. The third-order valence-corrected chi connectivity index (χ3v) is 14.0. The van der Waals surface area contributed by atoms with E-state index in [4.69, 9.17) is 8.83 Å². The van der Waals surface area contributed by atoms with Crippen molar-refractivity contribution in [2.24, 2.45) is 0 Å². The highest BCUT2D eigenvalue weighted by atomic mass is 16.3. The predicted octanol–water partition coefficient (Wildman–Crippen LogP) is 17.7. The van der Waals surface area contributed by atoms with Crippen LogP contribution in [-0.2, 0) is 5.41 Å². The molecule has 0 saturated heterocycles. The summed E-state index contributed by atoms with van der Waals surface area (Å²) in [6.45, 7) is 9.05. The first-order chi connectivity index (χ1) is 31.8. The van der Waals surface area contributed by atoms with Crippen LogP contribution >= 0.6 is 0 Å². The summed E-state index contributed by atoms with van der Waals surface area (Å²) in [7, 11) is 0. The van der Waals surface area contributed by atoms with Crippen LogP contribution < -0.4 is 9.80 Å². The van der Waals surface area contributed by atoms with Gasteiger partial charge in [0.25, 0.3) is 0 Å². The Kier molecular flexibility index (Phi) is 8.05. The summed E-state index contributed by atoms with van der Waals surface area (Å²) in [6.07, 6.45) is 0. The summed E-state index contributed by atoms with van der Waals surface area (Å²) in [5, 5.41) is 9.44. The number of aryl methyl sites for hydroxylation is 2. The minimum absolute atomic E-state index is 0.307. The van der Waals surface area contributed by atoms with E-state index < -0.39 is 0 Å². The Morgan fingerprint density at radius 2 is 0.862 bits per heavy atom. The molecule has 13 rings (SSSR count). The van der Waals surface area contributed by atoms with Crippen molar-refractivity contribution in [3.63, 3.8) is 0 Å². The largest absolute Gasteiger partial charge is 0.454 e. The first-order valence-corrected chi connectivity index (χ1v) is 22.5. The lowest BCUT2D eigenvalue weighted by atomic mass is 9.68. The highest BCUT2D eigenvalue weighted by molar-refractivity contribution is 6.18. The van der Waals surface area contributed by atoms with E-state index in [1.54, 1.807) is 0 Å². The Hall–Kier alpha value is -8.08. The number of anilines is 6. The van der Waals surface area contributed by atoms with Crippen LogP contribution in [0.3, 0.4) is 0 Å². The first-order valence-electron chi connectivity index (χ1n) is 22.5. The van der Waals surface area contributed by atoms with E-state index >= 15 is 0 Å². The van der Waals surface area contributed by atoms with Gasteiger partial charge in [-0.2, -0.15) is 0 Å². The van der Waals surface area contributed by atoms with Gasteiger partial charge in [-0.3, -0.25) is 0 Å². The third kappa shape index (κ3) is 5.63. The van der Waals surface area contributed by atoms with E-state index in [2.05, 4.69) is 219 Å². The van der Waals surface area contributed by atoms with Crippen LogP contribution in [0.4, 0.5) is 34.1 Å². The third-order valence-electron chi connectivity index (χ3n) is 14.0. The van der Waals surface area contributed by atoms with Gasteiger partial charge in [-0.1, -0.05) is 140 Å². The monoisotopic (exact) mass is 836 g/mol. The lowest BCUT2D eigenvalue weighted by Gasteiger charge is -2.37. The fraction of sp³-hybridized carbons (Fsp3) is 0.0820. The van der Waals surface area contributed by atoms with Gasteiger partial charge >= 0.3 is 0 Å². The van der Waals surface area contributed by atoms with Crippen LogP contribution in [0.2, 0.25) is 0 Å². The van der Waals surface area contributed by atoms with E-state index in [0.29, 0.717) is 0 Å². The second-order valence-electron chi connectivity index (χ2n) is 18.3. The molecule has 2 heterocycles. The van der Waals surface area contributed by atoms with Gasteiger partial charge in [-0.25, -0.2) is 0 Å². The van der Waals surface area contributed by atoms with Gasteiger partial charge in [0.05, 0.1) is 11.4 Å². The van der Waals surface area contributed by atoms with Crippen molar-refractivity contribution in [3.05, 3.63) is 216 Å². The molecule has 0 spiro atoms. The average Bonchev–Trinajstić information content (AvgIpc) is 3.92. The van der Waals surface area contributed by atoms with E-state index in [1.165, 1.54) is 54.9 Å². The van der Waals surface area contributed by atoms with E-state index in [9.17, 15) is 0 Å². The highest BCUT2D eigenvalue weighted by Gasteiger charge is 2.35. The van der Waals surface area contributed by atoms with Crippen LogP contribution in [0, 0.1) is 13.8 Å². The van der Waals surface area contributed by atoms with Gasteiger partial charge in [-0.05, 0) is 137 Å². The molecule has 0 bridgehead atoms. The number of hydrogen-bond acceptors (Lipinski definition) is 4. The summed E-state index contributed by atoms with van der Waals surface area (Å²) < 4.78 is 13.3. The fourth-order valence-electron chi connectivity index (χ4n) is 10.7. The number of fused-ring (bicyclic) bond motifs is 10. The molecule has 0 aliphatic heterocycles. The number of rotatable bonds is 6. The van der Waals surface area contributed by atoms with Gasteiger partial charge in [-0.15, -0.1) is 0 Å². The molecule has 0 amide bonds. The summed E-state index contributed by atoms with van der Waals surface area (Å²) in [5.41, 5.74) is 17.1. The molecule has 0 radical (unpaired) electrons. The second kappa shape index (κ2) is 14.0. The first kappa shape index (κ1) is 37.5. The molecule has 1 aliphatic carbocycles. The Morgan fingerprint density at radius 1 is 0.369 bits per heavy atom. The molecular formula is C61H44N2O2. The van der Waals surface area contributed by atoms with Gasteiger partial charge in [0.1, 0.15) is 11.2 Å². The summed E-state index contributed by atoms with van der Waals surface area (Å²) >= 11 is 0. The molecule has 0 fully saturated rings. The fourth-order valence-corrected chi connectivity index (χ4v) is 10.7. The molecule has 2 aromatic heterocycles. The number of hydrogen-bond donors (Lipinski definition) is 0. The Bertz CT molecular complexity index is 3890. The van der Waals surface area contributed by atoms with E-state index in [-0.39, 0.29) is 5.41 Å². The number of para-hydroxylation sites is 4. The van der Waals surface area contributed by atoms with Gasteiger partial charge in [0, 0.05) is 49.7 Å². The van der Waals surface area contributed by atoms with Crippen molar-refractivity contribution in [2.45, 2.75) is 33.1 Å². The standard InChI is InChI=1S/C61H44N2O2/c1-37-22-27-40(28-23-37)62(54-18-10-15-48-45-12-5-7-20-56(45)64-59(48)54)42-31-26-39-34-51-44-33-32-43(36-53(44)61(3,4)52-17-9-14-47(58(51)52)50(39)35-42)63(41-29-24-38(2)25-30-41)55-19-11-16-49-46-13-6-8-21-57(46)65-60(49)55/h5-36H,1-4H3. The van der Waals surface area contributed by atoms with Crippen LogP contribution in [0.1, 0.15) is 36.1 Å². The van der Waals surface area contributed by atoms with Gasteiger partial charge < -0.3 is 18.6 Å². The van der Waals surface area contributed by atoms with Crippen molar-refractivity contribution >= 4 is 99.5 Å². The van der Waals surface area contributed by atoms with Crippen molar-refractivity contribution in [1.82, 2.24) is 0 Å². The van der Waals surface area contributed by atoms with Crippen molar-refractivity contribution in [2.75, 3.05) is 9.80 Å². The molecule has 12 aromatic rings. The summed E-state index contributed by atoms with van der Waals surface area (Å²) in [6, 6.07) is 70.6. The highest BCUT2D eigenvalue weighted by Crippen LogP contribution is 2.53. The number of furan rings is 2. The summed E-state index contributed by atoms with van der Waals surface area (Å²) in [5.74, 6) is 0. The second-order valence-corrected chi connectivity index (χ2v) is 18.3. The minimum atomic E-state index is -0.307. The normalized spacial score (nSPS) is 13.0. The zero-order valence-electron chi connectivity index (χ0n) is 36.7. The Morgan fingerprint density at radius 3 is 1.46 bits per heavy atom. The molecule has 1 aliphatic rings. The maximum absolute atomic E-state index is 6.67. The van der Waals surface area contributed by atoms with Crippen LogP contribution in [0.5, 0.6) is 0 Å². The van der Waals surface area contributed by atoms with E-state index in [1.807, 2.05) is 12.1 Å². The predicted molar refractivity (Wildman–Crippen MR) is 272 cm³/mol. The lowest BCUT2D eigenvalue weighted by Crippen LogP contribution is -2.24. The number of benzene rings is 10. The molecule has 0 N–H and O–H groups in total. The molecular weight excluding hydrogens is 793 g/mol. The molecule has 4 nitrogen and oxygen atoms in total.